The molecule has 0 aliphatic rings. The molecular weight excluding hydrogens is 318 g/mol. The van der Waals surface area contributed by atoms with Crippen molar-refractivity contribution in [3.63, 3.8) is 0 Å². The molecule has 0 unspecified atom stereocenters. The molecule has 134 valence electrons. The van der Waals surface area contributed by atoms with Gasteiger partial charge < -0.3 is 15.5 Å². The SMILES string of the molecule is CCCC[C@@H](CC)CNC(=S)N(C)CC(=O)Nc1ccc(C)cc1. The van der Waals surface area contributed by atoms with Crippen LogP contribution in [0.25, 0.3) is 0 Å². The second kappa shape index (κ2) is 11.0. The molecular formula is C19H31N3OS. The van der Waals surface area contributed by atoms with Crippen molar-refractivity contribution in [1.29, 1.82) is 0 Å². The molecule has 24 heavy (non-hydrogen) atoms. The number of hydrogen-bond donors (Lipinski definition) is 2. The molecule has 2 N–H and O–H groups in total. The summed E-state index contributed by atoms with van der Waals surface area (Å²) >= 11 is 5.39. The molecule has 5 heteroatoms. The Morgan fingerprint density at radius 1 is 1.25 bits per heavy atom. The molecule has 0 aliphatic heterocycles. The monoisotopic (exact) mass is 349 g/mol. The van der Waals surface area contributed by atoms with Crippen molar-refractivity contribution in [3.8, 4) is 0 Å². The number of nitrogens with zero attached hydrogens (tertiary/aromatic N) is 1. The first kappa shape index (κ1) is 20.4. The first-order valence-electron chi connectivity index (χ1n) is 8.81. The quantitative estimate of drug-likeness (QED) is 0.663. The lowest BCUT2D eigenvalue weighted by Crippen LogP contribution is -2.42. The summed E-state index contributed by atoms with van der Waals surface area (Å²) < 4.78 is 0. The highest BCUT2D eigenvalue weighted by atomic mass is 32.1. The Kier molecular flexibility index (Phi) is 9.38. The molecule has 1 amide bonds. The molecule has 0 fully saturated rings. The summed E-state index contributed by atoms with van der Waals surface area (Å²) in [7, 11) is 1.84. The molecule has 0 heterocycles. The van der Waals surface area contributed by atoms with Crippen LogP contribution in [0.4, 0.5) is 5.69 Å². The van der Waals surface area contributed by atoms with E-state index in [1.54, 1.807) is 4.90 Å². The van der Waals surface area contributed by atoms with Gasteiger partial charge in [0.2, 0.25) is 5.91 Å². The molecule has 0 saturated heterocycles. The number of unbranched alkanes of at least 4 members (excludes halogenated alkanes) is 1. The van der Waals surface area contributed by atoms with E-state index in [2.05, 4.69) is 24.5 Å². The van der Waals surface area contributed by atoms with E-state index in [0.29, 0.717) is 11.0 Å². The van der Waals surface area contributed by atoms with Crippen LogP contribution in [0.1, 0.15) is 45.1 Å². The van der Waals surface area contributed by atoms with E-state index in [1.807, 2.05) is 38.2 Å². The Morgan fingerprint density at radius 3 is 2.50 bits per heavy atom. The van der Waals surface area contributed by atoms with Crippen LogP contribution in [0.15, 0.2) is 24.3 Å². The first-order chi connectivity index (χ1) is 11.5. The minimum atomic E-state index is -0.0662. The topological polar surface area (TPSA) is 44.4 Å². The van der Waals surface area contributed by atoms with E-state index >= 15 is 0 Å². The zero-order chi connectivity index (χ0) is 17.9. The van der Waals surface area contributed by atoms with Gasteiger partial charge >= 0.3 is 0 Å². The van der Waals surface area contributed by atoms with Crippen LogP contribution in [-0.4, -0.2) is 36.1 Å². The van der Waals surface area contributed by atoms with Gasteiger partial charge in [-0.3, -0.25) is 4.79 Å². The average Bonchev–Trinajstić information content (AvgIpc) is 2.56. The minimum Gasteiger partial charge on any atom is -0.362 e. The van der Waals surface area contributed by atoms with Crippen LogP contribution >= 0.6 is 12.2 Å². The van der Waals surface area contributed by atoms with Crippen molar-refractivity contribution in [2.75, 3.05) is 25.5 Å². The number of carbonyl (C=O) groups is 1. The van der Waals surface area contributed by atoms with E-state index in [0.717, 1.165) is 18.7 Å². The van der Waals surface area contributed by atoms with E-state index in [4.69, 9.17) is 12.2 Å². The van der Waals surface area contributed by atoms with Crippen molar-refractivity contribution in [2.45, 2.75) is 46.5 Å². The van der Waals surface area contributed by atoms with Crippen molar-refractivity contribution in [1.82, 2.24) is 10.2 Å². The largest absolute Gasteiger partial charge is 0.362 e. The first-order valence-corrected chi connectivity index (χ1v) is 9.22. The molecule has 0 aromatic heterocycles. The van der Waals surface area contributed by atoms with Crippen molar-refractivity contribution < 1.29 is 4.79 Å². The maximum absolute atomic E-state index is 12.1. The fraction of sp³-hybridized carbons (Fsp3) is 0.579. The Balaban J connectivity index is 2.37. The fourth-order valence-electron chi connectivity index (χ4n) is 2.43. The molecule has 0 bridgehead atoms. The van der Waals surface area contributed by atoms with Crippen LogP contribution in [0, 0.1) is 12.8 Å². The van der Waals surface area contributed by atoms with Gasteiger partial charge in [-0.2, -0.15) is 0 Å². The van der Waals surface area contributed by atoms with Gasteiger partial charge in [0.25, 0.3) is 0 Å². The molecule has 0 aliphatic carbocycles. The summed E-state index contributed by atoms with van der Waals surface area (Å²) in [6.07, 6.45) is 4.84. The van der Waals surface area contributed by atoms with Gasteiger partial charge in [-0.15, -0.1) is 0 Å². The number of nitrogens with one attached hydrogen (secondary N) is 2. The van der Waals surface area contributed by atoms with Crippen molar-refractivity contribution >= 4 is 28.9 Å². The third-order valence-corrected chi connectivity index (χ3v) is 4.60. The lowest BCUT2D eigenvalue weighted by Gasteiger charge is -2.23. The lowest BCUT2D eigenvalue weighted by molar-refractivity contribution is -0.116. The number of rotatable bonds is 9. The zero-order valence-corrected chi connectivity index (χ0v) is 16.2. The van der Waals surface area contributed by atoms with Crippen LogP contribution in [0.5, 0.6) is 0 Å². The smallest absolute Gasteiger partial charge is 0.243 e. The highest BCUT2D eigenvalue weighted by Crippen LogP contribution is 2.11. The molecule has 4 nitrogen and oxygen atoms in total. The number of thiocarbonyl (C=S) groups is 1. The predicted octanol–water partition coefficient (Wildman–Crippen LogP) is 3.96. The van der Waals surface area contributed by atoms with Crippen LogP contribution in [0.3, 0.4) is 0 Å². The van der Waals surface area contributed by atoms with Gasteiger partial charge in [0.1, 0.15) is 0 Å². The van der Waals surface area contributed by atoms with Crippen molar-refractivity contribution in [2.24, 2.45) is 5.92 Å². The number of hydrogen-bond acceptors (Lipinski definition) is 2. The maximum Gasteiger partial charge on any atom is 0.243 e. The van der Waals surface area contributed by atoms with Gasteiger partial charge in [0, 0.05) is 19.3 Å². The van der Waals surface area contributed by atoms with E-state index in [-0.39, 0.29) is 12.5 Å². The molecule has 1 atom stereocenters. The lowest BCUT2D eigenvalue weighted by atomic mass is 9.99. The van der Waals surface area contributed by atoms with Crippen molar-refractivity contribution in [3.05, 3.63) is 29.8 Å². The van der Waals surface area contributed by atoms with Gasteiger partial charge in [-0.05, 0) is 43.6 Å². The second-order valence-corrected chi connectivity index (χ2v) is 6.76. The number of amides is 1. The molecule has 0 radical (unpaired) electrons. The number of aryl methyl sites for hydroxylation is 1. The maximum atomic E-state index is 12.1. The van der Waals surface area contributed by atoms with Crippen LogP contribution < -0.4 is 10.6 Å². The minimum absolute atomic E-state index is 0.0662. The summed E-state index contributed by atoms with van der Waals surface area (Å²) in [6, 6.07) is 7.77. The number of anilines is 1. The van der Waals surface area contributed by atoms with Gasteiger partial charge in [0.05, 0.1) is 6.54 Å². The van der Waals surface area contributed by atoms with E-state index in [9.17, 15) is 4.79 Å². The third kappa shape index (κ3) is 7.77. The molecule has 1 aromatic carbocycles. The highest BCUT2D eigenvalue weighted by Gasteiger charge is 2.12. The Bertz CT molecular complexity index is 516. The zero-order valence-electron chi connectivity index (χ0n) is 15.4. The third-order valence-electron chi connectivity index (χ3n) is 4.15. The molecule has 1 rings (SSSR count). The number of likely N-dealkylation sites (N-methyl/N-ethyl adjacent to an activating group) is 1. The highest BCUT2D eigenvalue weighted by molar-refractivity contribution is 7.80. The van der Waals surface area contributed by atoms with Gasteiger partial charge in [-0.1, -0.05) is 50.8 Å². The molecule has 0 spiro atoms. The summed E-state index contributed by atoms with van der Waals surface area (Å²) in [5, 5.41) is 6.82. The Hall–Kier alpha value is -1.62. The summed E-state index contributed by atoms with van der Waals surface area (Å²) in [5.74, 6) is 0.571. The average molecular weight is 350 g/mol. The Labute approximate surface area is 152 Å². The summed E-state index contributed by atoms with van der Waals surface area (Å²) in [5.41, 5.74) is 1.98. The normalized spacial score (nSPS) is 11.7. The molecule has 1 aromatic rings. The number of carbonyl (C=O) groups excluding carboxylic acids is 1. The number of benzene rings is 1. The standard InChI is InChI=1S/C19H31N3OS/c1-5-7-8-16(6-2)13-20-19(24)22(4)14-18(23)21-17-11-9-15(3)10-12-17/h9-12,16H,5-8,13-14H2,1-4H3,(H,20,24)(H,21,23)/t16-/m1/s1. The van der Waals surface area contributed by atoms with Crippen LogP contribution in [-0.2, 0) is 4.79 Å². The Morgan fingerprint density at radius 2 is 1.92 bits per heavy atom. The van der Waals surface area contributed by atoms with Crippen LogP contribution in [0.2, 0.25) is 0 Å². The second-order valence-electron chi connectivity index (χ2n) is 6.37. The fourth-order valence-corrected chi connectivity index (χ4v) is 2.58. The van der Waals surface area contributed by atoms with Gasteiger partial charge in [0.15, 0.2) is 5.11 Å². The van der Waals surface area contributed by atoms with E-state index in [1.165, 1.54) is 24.8 Å². The summed E-state index contributed by atoms with van der Waals surface area (Å²) in [6.45, 7) is 7.56. The van der Waals surface area contributed by atoms with Gasteiger partial charge in [-0.25, -0.2) is 0 Å². The van der Waals surface area contributed by atoms with E-state index < -0.39 is 0 Å². The molecule has 0 saturated carbocycles. The summed E-state index contributed by atoms with van der Waals surface area (Å²) in [4.78, 5) is 13.9. The predicted molar refractivity (Wildman–Crippen MR) is 106 cm³/mol.